The molecule has 2 fully saturated rings. The van der Waals surface area contributed by atoms with Crippen LogP contribution in [0.1, 0.15) is 42.1 Å². The largest absolute Gasteiger partial charge is 0.494 e. The van der Waals surface area contributed by atoms with Gasteiger partial charge in [-0.2, -0.15) is 0 Å². The Balaban J connectivity index is 0.00000320. The van der Waals surface area contributed by atoms with Gasteiger partial charge in [0.1, 0.15) is 5.75 Å². The maximum Gasteiger partial charge on any atom is 0.335 e. The minimum absolute atomic E-state index is 0. The molecule has 0 aliphatic carbocycles. The van der Waals surface area contributed by atoms with E-state index in [2.05, 4.69) is 47.4 Å². The molecule has 3 aromatic rings. The first-order chi connectivity index (χ1) is 17.4. The van der Waals surface area contributed by atoms with Crippen molar-refractivity contribution in [2.75, 3.05) is 31.1 Å². The topological polar surface area (TPSA) is 107 Å². The molecule has 5 rings (SSSR count). The molecule has 37 heavy (non-hydrogen) atoms. The molecule has 5 N–H and O–H groups in total. The van der Waals surface area contributed by atoms with E-state index in [1.165, 1.54) is 11.1 Å². The van der Waals surface area contributed by atoms with Gasteiger partial charge in [-0.3, -0.25) is 9.69 Å². The standard InChI is InChI=1S/C30H32N2O4.H3N/c1-2-36-27-17-22(16-25(18-27)23-6-4-3-5-7-23)20-31-14-12-30(13-15-31)19-28(33)32(21-30)26-10-8-24(9-11-26)29(34)35;/h3-11,16-18H,2,12-15,19-21H2,1H3,(H,34,35);1H3/p+1. The molecule has 0 atom stereocenters. The molecule has 0 unspecified atom stereocenters. The molecule has 7 nitrogen and oxygen atoms in total. The van der Waals surface area contributed by atoms with Crippen LogP contribution in [0, 0.1) is 5.41 Å². The smallest absolute Gasteiger partial charge is 0.335 e. The number of hydrogen-bond acceptors (Lipinski definition) is 4. The molecule has 1 amide bonds. The average molecular weight is 503 g/mol. The van der Waals surface area contributed by atoms with E-state index in [4.69, 9.17) is 9.84 Å². The van der Waals surface area contributed by atoms with Gasteiger partial charge >= 0.3 is 5.97 Å². The summed E-state index contributed by atoms with van der Waals surface area (Å²) >= 11 is 0. The summed E-state index contributed by atoms with van der Waals surface area (Å²) in [5, 5.41) is 9.15. The fourth-order valence-electron chi connectivity index (χ4n) is 5.49. The number of carbonyl (C=O) groups is 2. The van der Waals surface area contributed by atoms with Crippen LogP contribution in [0.5, 0.6) is 5.75 Å². The van der Waals surface area contributed by atoms with Gasteiger partial charge in [-0.25, -0.2) is 4.79 Å². The molecule has 3 aromatic carbocycles. The van der Waals surface area contributed by atoms with Crippen molar-refractivity contribution >= 4 is 17.6 Å². The Morgan fingerprint density at radius 1 is 0.973 bits per heavy atom. The zero-order valence-electron chi connectivity index (χ0n) is 21.7. The summed E-state index contributed by atoms with van der Waals surface area (Å²) in [6.07, 6.45) is 2.50. The molecule has 0 radical (unpaired) electrons. The second kappa shape index (κ2) is 11.2. The van der Waals surface area contributed by atoms with Crippen LogP contribution in [0.2, 0.25) is 0 Å². The van der Waals surface area contributed by atoms with Gasteiger partial charge in [0.15, 0.2) is 0 Å². The zero-order valence-corrected chi connectivity index (χ0v) is 21.7. The lowest BCUT2D eigenvalue weighted by Crippen LogP contribution is -2.41. The third-order valence-corrected chi connectivity index (χ3v) is 7.45. The number of carbonyl (C=O) groups excluding carboxylic acids is 1. The Hall–Kier alpha value is -3.68. The van der Waals surface area contributed by atoms with Crippen molar-refractivity contribution in [2.24, 2.45) is 5.41 Å². The Morgan fingerprint density at radius 2 is 1.68 bits per heavy atom. The number of amides is 1. The molecule has 2 aliphatic heterocycles. The summed E-state index contributed by atoms with van der Waals surface area (Å²) in [5.74, 6) is 0.0672. The van der Waals surface area contributed by atoms with Gasteiger partial charge in [-0.15, -0.1) is 0 Å². The van der Waals surface area contributed by atoms with Crippen LogP contribution >= 0.6 is 0 Å². The number of carboxylic acid groups (broad SMARTS) is 1. The number of carboxylic acids is 1. The summed E-state index contributed by atoms with van der Waals surface area (Å²) in [6, 6.07) is 23.5. The van der Waals surface area contributed by atoms with Crippen LogP contribution in [0.15, 0.2) is 72.8 Å². The minimum Gasteiger partial charge on any atom is -0.494 e. The van der Waals surface area contributed by atoms with E-state index < -0.39 is 5.97 Å². The van der Waals surface area contributed by atoms with Gasteiger partial charge < -0.3 is 20.9 Å². The Bertz CT molecular complexity index is 1240. The maximum atomic E-state index is 12.9. The monoisotopic (exact) mass is 502 g/mol. The molecule has 1 spiro atoms. The first-order valence-electron chi connectivity index (χ1n) is 12.6. The van der Waals surface area contributed by atoms with E-state index in [1.807, 2.05) is 17.9 Å². The molecular weight excluding hydrogens is 466 g/mol. The van der Waals surface area contributed by atoms with Crippen molar-refractivity contribution < 1.29 is 19.4 Å². The van der Waals surface area contributed by atoms with E-state index >= 15 is 0 Å². The van der Waals surface area contributed by atoms with E-state index in [-0.39, 0.29) is 23.0 Å². The number of hydrogen-bond donors (Lipinski definition) is 2. The molecule has 194 valence electrons. The number of likely N-dealkylation sites (tertiary alicyclic amines) is 1. The summed E-state index contributed by atoms with van der Waals surface area (Å²) in [4.78, 5) is 28.3. The van der Waals surface area contributed by atoms with Crippen LogP contribution in [0.3, 0.4) is 0 Å². The lowest BCUT2D eigenvalue weighted by molar-refractivity contribution is -0.118. The fraction of sp³-hybridized carbons (Fsp3) is 0.333. The Labute approximate surface area is 218 Å². The molecule has 2 aliphatic rings. The molecule has 0 bridgehead atoms. The van der Waals surface area contributed by atoms with Crippen molar-refractivity contribution in [3.63, 3.8) is 0 Å². The number of rotatable bonds is 7. The van der Waals surface area contributed by atoms with Gasteiger partial charge in [0.25, 0.3) is 0 Å². The van der Waals surface area contributed by atoms with Crippen molar-refractivity contribution in [3.8, 4) is 16.9 Å². The van der Waals surface area contributed by atoms with Crippen molar-refractivity contribution in [2.45, 2.75) is 32.7 Å². The van der Waals surface area contributed by atoms with Crippen LogP contribution in [0.25, 0.3) is 11.1 Å². The third-order valence-electron chi connectivity index (χ3n) is 7.45. The van der Waals surface area contributed by atoms with Crippen LogP contribution in [-0.4, -0.2) is 48.1 Å². The highest BCUT2D eigenvalue weighted by Gasteiger charge is 2.45. The fourth-order valence-corrected chi connectivity index (χ4v) is 5.49. The van der Waals surface area contributed by atoms with Gasteiger partial charge in [0, 0.05) is 25.2 Å². The van der Waals surface area contributed by atoms with Gasteiger partial charge in [-0.05, 0) is 97.4 Å². The molecule has 7 heteroatoms. The predicted molar refractivity (Wildman–Crippen MR) is 146 cm³/mol. The number of piperidine rings is 1. The highest BCUT2D eigenvalue weighted by Crippen LogP contribution is 2.43. The molecule has 2 heterocycles. The van der Waals surface area contributed by atoms with Crippen molar-refractivity contribution in [1.82, 2.24) is 11.1 Å². The number of anilines is 1. The highest BCUT2D eigenvalue weighted by atomic mass is 16.5. The third kappa shape index (κ3) is 5.84. The SMILES string of the molecule is CCOc1cc(CN2CCC3(CC2)CC(=O)N(c2ccc(C(=O)O)cc2)C3)cc(-c2ccccc2)c1.[NH4+]. The first-order valence-corrected chi connectivity index (χ1v) is 12.6. The van der Waals surface area contributed by atoms with E-state index in [0.717, 1.165) is 49.5 Å². The Morgan fingerprint density at radius 3 is 2.32 bits per heavy atom. The molecular formula is C30H36N3O4+. The molecule has 0 saturated carbocycles. The summed E-state index contributed by atoms with van der Waals surface area (Å²) in [7, 11) is 0. The van der Waals surface area contributed by atoms with Crippen molar-refractivity contribution in [1.29, 1.82) is 0 Å². The lowest BCUT2D eigenvalue weighted by Gasteiger charge is -2.39. The summed E-state index contributed by atoms with van der Waals surface area (Å²) in [5.41, 5.74) is 4.58. The van der Waals surface area contributed by atoms with E-state index in [9.17, 15) is 9.59 Å². The minimum atomic E-state index is -0.958. The van der Waals surface area contributed by atoms with E-state index in [0.29, 0.717) is 19.6 Å². The molecule has 2 saturated heterocycles. The Kier molecular flexibility index (Phi) is 7.95. The van der Waals surface area contributed by atoms with Crippen molar-refractivity contribution in [3.05, 3.63) is 83.9 Å². The van der Waals surface area contributed by atoms with Gasteiger partial charge in [0.2, 0.25) is 5.91 Å². The van der Waals surface area contributed by atoms with E-state index in [1.54, 1.807) is 24.3 Å². The van der Waals surface area contributed by atoms with Gasteiger partial charge in [-0.1, -0.05) is 30.3 Å². The predicted octanol–water partition coefficient (Wildman–Crippen LogP) is 5.85. The second-order valence-electron chi connectivity index (χ2n) is 9.95. The average Bonchev–Trinajstić information content (AvgIpc) is 3.21. The number of benzene rings is 3. The first kappa shape index (κ1) is 26.4. The number of nitrogens with zero attached hydrogens (tertiary/aromatic N) is 2. The van der Waals surface area contributed by atoms with Gasteiger partial charge in [0.05, 0.1) is 12.2 Å². The normalized spacial score (nSPS) is 17.0. The number of aromatic carboxylic acids is 1. The highest BCUT2D eigenvalue weighted by molar-refractivity contribution is 5.97. The summed E-state index contributed by atoms with van der Waals surface area (Å²) < 4.78 is 5.87. The van der Waals surface area contributed by atoms with Crippen LogP contribution in [-0.2, 0) is 11.3 Å². The quantitative estimate of drug-likeness (QED) is 0.422. The maximum absolute atomic E-state index is 12.9. The number of quaternary nitrogens is 1. The summed E-state index contributed by atoms with van der Waals surface area (Å²) in [6.45, 7) is 6.07. The molecule has 0 aromatic heterocycles. The lowest BCUT2D eigenvalue weighted by atomic mass is 9.77. The van der Waals surface area contributed by atoms with Crippen LogP contribution < -0.4 is 15.8 Å². The zero-order chi connectivity index (χ0) is 25.1. The second-order valence-corrected chi connectivity index (χ2v) is 9.95. The number of ether oxygens (including phenoxy) is 1. The van der Waals surface area contributed by atoms with Crippen LogP contribution in [0.4, 0.5) is 5.69 Å².